The lowest BCUT2D eigenvalue weighted by Crippen LogP contribution is -2.38. The normalized spacial score (nSPS) is 17.4. The minimum Gasteiger partial charge on any atom is -0.313 e. The molecule has 3 atom stereocenters. The molecule has 1 nitrogen and oxygen atoms in total. The molecule has 0 aliphatic rings. The highest BCUT2D eigenvalue weighted by molar-refractivity contribution is 8.00. The van der Waals surface area contributed by atoms with Gasteiger partial charge in [-0.05, 0) is 25.8 Å². The molecule has 0 aliphatic carbocycles. The molecule has 0 radical (unpaired) electrons. The Morgan fingerprint density at radius 2 is 1.73 bits per heavy atom. The van der Waals surface area contributed by atoms with E-state index >= 15 is 0 Å². The molecular formula is C13H29NS. The third-order valence-corrected chi connectivity index (χ3v) is 4.71. The third-order valence-electron chi connectivity index (χ3n) is 2.90. The average Bonchev–Trinajstić information content (AvgIpc) is 2.25. The van der Waals surface area contributed by atoms with E-state index in [0.29, 0.717) is 6.04 Å². The summed E-state index contributed by atoms with van der Waals surface area (Å²) in [6, 6.07) is 0.712. The molecule has 0 aliphatic heterocycles. The van der Waals surface area contributed by atoms with Crippen LogP contribution in [0.15, 0.2) is 0 Å². The Kier molecular flexibility index (Phi) is 9.73. The van der Waals surface area contributed by atoms with Crippen LogP contribution < -0.4 is 5.32 Å². The first-order valence-corrected chi connectivity index (χ1v) is 7.52. The molecule has 0 spiro atoms. The average molecular weight is 231 g/mol. The van der Waals surface area contributed by atoms with Crippen molar-refractivity contribution >= 4 is 11.8 Å². The molecule has 0 bridgehead atoms. The Bertz CT molecular complexity index is 132. The fourth-order valence-corrected chi connectivity index (χ4v) is 3.27. The van der Waals surface area contributed by atoms with E-state index in [1.54, 1.807) is 0 Å². The van der Waals surface area contributed by atoms with E-state index in [9.17, 15) is 0 Å². The van der Waals surface area contributed by atoms with Gasteiger partial charge in [-0.25, -0.2) is 0 Å². The molecule has 2 heteroatoms. The number of hydrogen-bond donors (Lipinski definition) is 1. The quantitative estimate of drug-likeness (QED) is 0.642. The molecule has 3 unspecified atom stereocenters. The third kappa shape index (κ3) is 6.47. The summed E-state index contributed by atoms with van der Waals surface area (Å²) in [5.74, 6) is 0. The van der Waals surface area contributed by atoms with Gasteiger partial charge in [0, 0.05) is 16.5 Å². The fraction of sp³-hybridized carbons (Fsp3) is 1.00. The second-order valence-electron chi connectivity index (χ2n) is 4.25. The topological polar surface area (TPSA) is 12.0 Å². The molecule has 1 N–H and O–H groups in total. The highest BCUT2D eigenvalue weighted by atomic mass is 32.2. The molecule has 0 heterocycles. The maximum Gasteiger partial charge on any atom is 0.0201 e. The van der Waals surface area contributed by atoms with Crippen LogP contribution in [0.2, 0.25) is 0 Å². The maximum absolute atomic E-state index is 3.64. The standard InChI is InChI=1S/C13H29NS/c1-6-10-12(14-9-4)13(8-3)15-11(5)7-2/h11-14H,6-10H2,1-5H3. The highest BCUT2D eigenvalue weighted by Gasteiger charge is 2.20. The molecule has 92 valence electrons. The van der Waals surface area contributed by atoms with Crippen molar-refractivity contribution in [2.45, 2.75) is 76.8 Å². The van der Waals surface area contributed by atoms with Crippen molar-refractivity contribution in [2.24, 2.45) is 0 Å². The fourth-order valence-electron chi connectivity index (χ4n) is 1.86. The molecule has 0 aromatic heterocycles. The van der Waals surface area contributed by atoms with Gasteiger partial charge >= 0.3 is 0 Å². The first kappa shape index (κ1) is 15.3. The summed E-state index contributed by atoms with van der Waals surface area (Å²) in [5, 5.41) is 5.23. The number of hydrogen-bond acceptors (Lipinski definition) is 2. The summed E-state index contributed by atoms with van der Waals surface area (Å²) < 4.78 is 0. The molecule has 15 heavy (non-hydrogen) atoms. The van der Waals surface area contributed by atoms with Gasteiger partial charge in [0.2, 0.25) is 0 Å². The van der Waals surface area contributed by atoms with Gasteiger partial charge in [-0.1, -0.05) is 41.0 Å². The zero-order valence-corrected chi connectivity index (χ0v) is 12.0. The van der Waals surface area contributed by atoms with Crippen molar-refractivity contribution in [1.29, 1.82) is 0 Å². The van der Waals surface area contributed by atoms with Crippen LogP contribution >= 0.6 is 11.8 Å². The number of rotatable bonds is 9. The molecule has 0 aromatic carbocycles. The van der Waals surface area contributed by atoms with Crippen LogP contribution in [0.4, 0.5) is 0 Å². The van der Waals surface area contributed by atoms with Crippen molar-refractivity contribution in [3.63, 3.8) is 0 Å². The molecule has 0 saturated carbocycles. The Morgan fingerprint density at radius 3 is 2.13 bits per heavy atom. The molecule has 0 saturated heterocycles. The van der Waals surface area contributed by atoms with E-state index in [2.05, 4.69) is 51.7 Å². The van der Waals surface area contributed by atoms with E-state index in [1.165, 1.54) is 25.7 Å². The van der Waals surface area contributed by atoms with Gasteiger partial charge in [-0.3, -0.25) is 0 Å². The lowest BCUT2D eigenvalue weighted by atomic mass is 10.1. The van der Waals surface area contributed by atoms with Crippen molar-refractivity contribution in [3.8, 4) is 0 Å². The van der Waals surface area contributed by atoms with E-state index in [-0.39, 0.29) is 0 Å². The van der Waals surface area contributed by atoms with Crippen LogP contribution in [-0.2, 0) is 0 Å². The summed E-state index contributed by atoms with van der Waals surface area (Å²) >= 11 is 2.17. The number of thioether (sulfide) groups is 1. The summed E-state index contributed by atoms with van der Waals surface area (Å²) in [4.78, 5) is 0. The second kappa shape index (κ2) is 9.53. The molecule has 0 amide bonds. The van der Waals surface area contributed by atoms with E-state index < -0.39 is 0 Å². The van der Waals surface area contributed by atoms with Crippen molar-refractivity contribution in [2.75, 3.05) is 6.54 Å². The van der Waals surface area contributed by atoms with Gasteiger partial charge in [-0.15, -0.1) is 0 Å². The van der Waals surface area contributed by atoms with E-state index in [0.717, 1.165) is 17.0 Å². The predicted molar refractivity (Wildman–Crippen MR) is 73.8 cm³/mol. The summed E-state index contributed by atoms with van der Waals surface area (Å²) in [5.41, 5.74) is 0. The van der Waals surface area contributed by atoms with Crippen molar-refractivity contribution < 1.29 is 0 Å². The maximum atomic E-state index is 3.64. The predicted octanol–water partition coefficient (Wildman–Crippen LogP) is 4.07. The summed E-state index contributed by atoms with van der Waals surface area (Å²) in [6.45, 7) is 12.5. The van der Waals surface area contributed by atoms with Crippen LogP contribution in [0.5, 0.6) is 0 Å². The van der Waals surface area contributed by atoms with Gasteiger partial charge in [-0.2, -0.15) is 11.8 Å². The molecular weight excluding hydrogens is 202 g/mol. The molecule has 0 fully saturated rings. The summed E-state index contributed by atoms with van der Waals surface area (Å²) in [7, 11) is 0. The smallest absolute Gasteiger partial charge is 0.0201 e. The van der Waals surface area contributed by atoms with Crippen LogP contribution in [-0.4, -0.2) is 23.1 Å². The Labute approximate surface area is 101 Å². The van der Waals surface area contributed by atoms with Gasteiger partial charge in [0.05, 0.1) is 0 Å². The van der Waals surface area contributed by atoms with E-state index in [1.807, 2.05) is 0 Å². The van der Waals surface area contributed by atoms with Crippen LogP contribution in [0.1, 0.15) is 60.3 Å². The van der Waals surface area contributed by atoms with Gasteiger partial charge < -0.3 is 5.32 Å². The Balaban J connectivity index is 4.16. The van der Waals surface area contributed by atoms with Crippen molar-refractivity contribution in [3.05, 3.63) is 0 Å². The van der Waals surface area contributed by atoms with Crippen LogP contribution in [0.3, 0.4) is 0 Å². The highest BCUT2D eigenvalue weighted by Crippen LogP contribution is 2.26. The van der Waals surface area contributed by atoms with Crippen molar-refractivity contribution in [1.82, 2.24) is 5.32 Å². The van der Waals surface area contributed by atoms with E-state index in [4.69, 9.17) is 0 Å². The first-order chi connectivity index (χ1) is 7.19. The largest absolute Gasteiger partial charge is 0.313 e. The SMILES string of the molecule is CCCC(NCC)C(CC)SC(C)CC. The lowest BCUT2D eigenvalue weighted by molar-refractivity contribution is 0.464. The Hall–Kier alpha value is 0.310. The molecule has 0 aromatic rings. The van der Waals surface area contributed by atoms with Crippen LogP contribution in [0, 0.1) is 0 Å². The van der Waals surface area contributed by atoms with Gasteiger partial charge in [0.1, 0.15) is 0 Å². The first-order valence-electron chi connectivity index (χ1n) is 6.58. The van der Waals surface area contributed by atoms with Gasteiger partial charge in [0.25, 0.3) is 0 Å². The zero-order chi connectivity index (χ0) is 11.7. The Morgan fingerprint density at radius 1 is 1.07 bits per heavy atom. The monoisotopic (exact) mass is 231 g/mol. The second-order valence-corrected chi connectivity index (χ2v) is 5.94. The lowest BCUT2D eigenvalue weighted by Gasteiger charge is -2.28. The van der Waals surface area contributed by atoms with Gasteiger partial charge in [0.15, 0.2) is 0 Å². The summed E-state index contributed by atoms with van der Waals surface area (Å²) in [6.07, 6.45) is 5.17. The minimum absolute atomic E-state index is 0.712. The molecule has 0 rings (SSSR count). The zero-order valence-electron chi connectivity index (χ0n) is 11.2. The minimum atomic E-state index is 0.712. The number of nitrogens with one attached hydrogen (secondary N) is 1. The van der Waals surface area contributed by atoms with Crippen LogP contribution in [0.25, 0.3) is 0 Å².